The minimum Gasteiger partial charge on any atom is -0.320 e. The van der Waals surface area contributed by atoms with E-state index in [2.05, 4.69) is 0 Å². The molecule has 0 heterocycles. The number of nitrogens with two attached hydrogens (primary N) is 1. The molecule has 2 N–H and O–H groups in total. The van der Waals surface area contributed by atoms with E-state index in [4.69, 9.17) is 40.5 Å². The Bertz CT molecular complexity index is 581. The van der Waals surface area contributed by atoms with Gasteiger partial charge >= 0.3 is 0 Å². The molecule has 94 valence electrons. The van der Waals surface area contributed by atoms with Crippen LogP contribution in [0.15, 0.2) is 36.4 Å². The van der Waals surface area contributed by atoms with E-state index in [9.17, 15) is 0 Å². The van der Waals surface area contributed by atoms with Gasteiger partial charge in [0, 0.05) is 15.1 Å². The van der Waals surface area contributed by atoms with Crippen LogP contribution in [0, 0.1) is 6.92 Å². The molecule has 18 heavy (non-hydrogen) atoms. The lowest BCUT2D eigenvalue weighted by Gasteiger charge is -2.15. The van der Waals surface area contributed by atoms with Gasteiger partial charge in [-0.15, -0.1) is 0 Å². The van der Waals surface area contributed by atoms with Gasteiger partial charge < -0.3 is 5.73 Å². The average Bonchev–Trinajstić information content (AvgIpc) is 2.32. The van der Waals surface area contributed by atoms with Crippen molar-refractivity contribution in [2.45, 2.75) is 13.0 Å². The summed E-state index contributed by atoms with van der Waals surface area (Å²) in [6.45, 7) is 1.95. The van der Waals surface area contributed by atoms with Gasteiger partial charge in [0.1, 0.15) is 0 Å². The van der Waals surface area contributed by atoms with Gasteiger partial charge in [-0.25, -0.2) is 0 Å². The Morgan fingerprint density at radius 2 is 1.67 bits per heavy atom. The van der Waals surface area contributed by atoms with Crippen molar-refractivity contribution in [2.24, 2.45) is 5.73 Å². The van der Waals surface area contributed by atoms with Crippen LogP contribution < -0.4 is 5.73 Å². The van der Waals surface area contributed by atoms with Crippen molar-refractivity contribution in [3.05, 3.63) is 68.2 Å². The molecule has 2 aromatic rings. The molecular formula is C14H12Cl3N. The molecule has 0 bridgehead atoms. The van der Waals surface area contributed by atoms with Gasteiger partial charge in [-0.3, -0.25) is 0 Å². The van der Waals surface area contributed by atoms with E-state index in [0.717, 1.165) is 16.7 Å². The normalized spacial score (nSPS) is 12.5. The minimum absolute atomic E-state index is 0.312. The Morgan fingerprint density at radius 3 is 2.28 bits per heavy atom. The highest BCUT2D eigenvalue weighted by atomic mass is 35.5. The average molecular weight is 301 g/mol. The van der Waals surface area contributed by atoms with Crippen LogP contribution in [-0.4, -0.2) is 0 Å². The minimum atomic E-state index is -0.312. The first-order valence-electron chi connectivity index (χ1n) is 5.45. The van der Waals surface area contributed by atoms with Gasteiger partial charge in [-0.1, -0.05) is 53.0 Å². The molecule has 0 aromatic heterocycles. The summed E-state index contributed by atoms with van der Waals surface area (Å²) in [5.41, 5.74) is 8.98. The fourth-order valence-electron chi connectivity index (χ4n) is 1.74. The number of hydrogen-bond donors (Lipinski definition) is 1. The van der Waals surface area contributed by atoms with Crippen molar-refractivity contribution in [3.63, 3.8) is 0 Å². The Balaban J connectivity index is 2.41. The maximum atomic E-state index is 6.20. The fraction of sp³-hybridized carbons (Fsp3) is 0.143. The van der Waals surface area contributed by atoms with Crippen LogP contribution in [0.5, 0.6) is 0 Å². The summed E-state index contributed by atoms with van der Waals surface area (Å²) in [6, 6.07) is 10.8. The van der Waals surface area contributed by atoms with Crippen LogP contribution in [0.3, 0.4) is 0 Å². The van der Waals surface area contributed by atoms with E-state index >= 15 is 0 Å². The quantitative estimate of drug-likeness (QED) is 0.829. The molecule has 0 fully saturated rings. The van der Waals surface area contributed by atoms with Gasteiger partial charge in [0.05, 0.1) is 6.04 Å². The van der Waals surface area contributed by atoms with Gasteiger partial charge in [0.25, 0.3) is 0 Å². The van der Waals surface area contributed by atoms with Crippen molar-refractivity contribution in [2.75, 3.05) is 0 Å². The molecule has 0 aliphatic rings. The Morgan fingerprint density at radius 1 is 0.944 bits per heavy atom. The maximum Gasteiger partial charge on any atom is 0.0566 e. The van der Waals surface area contributed by atoms with Crippen LogP contribution in [0.1, 0.15) is 22.7 Å². The molecule has 0 aliphatic carbocycles. The zero-order chi connectivity index (χ0) is 13.3. The van der Waals surface area contributed by atoms with Crippen molar-refractivity contribution in [1.29, 1.82) is 0 Å². The predicted octanol–water partition coefficient (Wildman–Crippen LogP) is 5.00. The van der Waals surface area contributed by atoms with Crippen molar-refractivity contribution >= 4 is 34.8 Å². The number of hydrogen-bond acceptors (Lipinski definition) is 1. The van der Waals surface area contributed by atoms with Gasteiger partial charge in [0.15, 0.2) is 0 Å². The van der Waals surface area contributed by atoms with Crippen LogP contribution in [-0.2, 0) is 0 Å². The monoisotopic (exact) mass is 299 g/mol. The lowest BCUT2D eigenvalue weighted by molar-refractivity contribution is 0.871. The highest BCUT2D eigenvalue weighted by molar-refractivity contribution is 6.35. The second-order valence-electron chi connectivity index (χ2n) is 4.15. The molecule has 0 radical (unpaired) electrons. The molecule has 0 saturated carbocycles. The molecule has 2 aromatic carbocycles. The molecule has 1 nitrogen and oxygen atoms in total. The highest BCUT2D eigenvalue weighted by Crippen LogP contribution is 2.30. The smallest absolute Gasteiger partial charge is 0.0566 e. The van der Waals surface area contributed by atoms with Crippen molar-refractivity contribution in [1.82, 2.24) is 0 Å². The largest absolute Gasteiger partial charge is 0.320 e. The molecule has 2 rings (SSSR count). The summed E-state index contributed by atoms with van der Waals surface area (Å²) in [6.07, 6.45) is 0. The Labute approximate surface area is 121 Å². The molecule has 0 saturated heterocycles. The van der Waals surface area contributed by atoms with E-state index < -0.39 is 0 Å². The maximum absolute atomic E-state index is 6.20. The van der Waals surface area contributed by atoms with Gasteiger partial charge in [-0.2, -0.15) is 0 Å². The second kappa shape index (κ2) is 5.50. The zero-order valence-electron chi connectivity index (χ0n) is 9.75. The molecule has 0 amide bonds. The molecule has 0 spiro atoms. The van der Waals surface area contributed by atoms with Crippen LogP contribution in [0.25, 0.3) is 0 Å². The third-order valence-corrected chi connectivity index (χ3v) is 3.82. The van der Waals surface area contributed by atoms with E-state index in [1.54, 1.807) is 12.1 Å². The van der Waals surface area contributed by atoms with E-state index in [1.807, 2.05) is 31.2 Å². The standard InChI is InChI=1S/C14H12Cl3N/c1-8-2-3-9(6-12(8)16)14(18)11-5-4-10(15)7-13(11)17/h2-7,14H,18H2,1H3. The molecular weight excluding hydrogens is 289 g/mol. The summed E-state index contributed by atoms with van der Waals surface area (Å²) < 4.78 is 0. The number of benzene rings is 2. The molecule has 1 atom stereocenters. The number of aryl methyl sites for hydroxylation is 1. The summed E-state index contributed by atoms with van der Waals surface area (Å²) in [5, 5.41) is 1.86. The van der Waals surface area contributed by atoms with Crippen LogP contribution in [0.2, 0.25) is 15.1 Å². The topological polar surface area (TPSA) is 26.0 Å². The zero-order valence-corrected chi connectivity index (χ0v) is 12.0. The second-order valence-corrected chi connectivity index (χ2v) is 5.40. The first-order valence-corrected chi connectivity index (χ1v) is 6.59. The predicted molar refractivity (Wildman–Crippen MR) is 78.7 cm³/mol. The third kappa shape index (κ3) is 2.81. The van der Waals surface area contributed by atoms with E-state index in [1.165, 1.54) is 0 Å². The summed E-state index contributed by atoms with van der Waals surface area (Å²) in [4.78, 5) is 0. The van der Waals surface area contributed by atoms with Crippen LogP contribution in [0.4, 0.5) is 0 Å². The fourth-order valence-corrected chi connectivity index (χ4v) is 2.45. The van der Waals surface area contributed by atoms with Crippen molar-refractivity contribution < 1.29 is 0 Å². The van der Waals surface area contributed by atoms with E-state index in [-0.39, 0.29) is 6.04 Å². The lowest BCUT2D eigenvalue weighted by atomic mass is 9.99. The number of halogens is 3. The molecule has 0 aliphatic heterocycles. The SMILES string of the molecule is Cc1ccc(C(N)c2ccc(Cl)cc2Cl)cc1Cl. The molecule has 4 heteroatoms. The first-order chi connectivity index (χ1) is 8.49. The summed E-state index contributed by atoms with van der Waals surface area (Å²) >= 11 is 18.1. The van der Waals surface area contributed by atoms with Gasteiger partial charge in [0.2, 0.25) is 0 Å². The van der Waals surface area contributed by atoms with E-state index in [0.29, 0.717) is 15.1 Å². The molecule has 1 unspecified atom stereocenters. The Hall–Kier alpha value is -0.730. The number of rotatable bonds is 2. The third-order valence-electron chi connectivity index (χ3n) is 2.85. The van der Waals surface area contributed by atoms with Crippen molar-refractivity contribution in [3.8, 4) is 0 Å². The van der Waals surface area contributed by atoms with Gasteiger partial charge in [-0.05, 0) is 41.8 Å². The van der Waals surface area contributed by atoms with Crippen LogP contribution >= 0.6 is 34.8 Å². The highest BCUT2D eigenvalue weighted by Gasteiger charge is 2.13. The summed E-state index contributed by atoms with van der Waals surface area (Å²) in [7, 11) is 0. The Kier molecular flexibility index (Phi) is 4.18. The summed E-state index contributed by atoms with van der Waals surface area (Å²) in [5.74, 6) is 0. The first kappa shape index (κ1) is 13.7. The lowest BCUT2D eigenvalue weighted by Crippen LogP contribution is -2.12.